The predicted octanol–water partition coefficient (Wildman–Crippen LogP) is 4.30. The maximum Gasteiger partial charge on any atom is 0.282 e. The fraction of sp³-hybridized carbons (Fsp3) is 0.105. The first-order valence-electron chi connectivity index (χ1n) is 8.01. The van der Waals surface area contributed by atoms with E-state index in [1.807, 2.05) is 42.5 Å². The second-order valence-corrected chi connectivity index (χ2v) is 5.79. The van der Waals surface area contributed by atoms with E-state index < -0.39 is 5.91 Å². The number of rotatable bonds is 6. The van der Waals surface area contributed by atoms with Gasteiger partial charge in [0, 0.05) is 18.9 Å². The molecule has 0 aliphatic carbocycles. The molecule has 1 heterocycles. The number of nitrogens with one attached hydrogen (secondary N) is 1. The molecule has 0 atom stereocenters. The number of ether oxygens (including phenoxy) is 1. The molecule has 0 bridgehead atoms. The van der Waals surface area contributed by atoms with Gasteiger partial charge in [-0.3, -0.25) is 9.63 Å². The maximum atomic E-state index is 12.4. The van der Waals surface area contributed by atoms with Gasteiger partial charge < -0.3 is 10.1 Å². The molecule has 0 aliphatic rings. The van der Waals surface area contributed by atoms with E-state index in [-0.39, 0.29) is 16.7 Å². The van der Waals surface area contributed by atoms with Crippen molar-refractivity contribution < 1.29 is 14.4 Å². The summed E-state index contributed by atoms with van der Waals surface area (Å²) in [6.07, 6.45) is 1.35. The first kappa shape index (κ1) is 18.6. The Kier molecular flexibility index (Phi) is 5.85. The highest BCUT2D eigenvalue weighted by atomic mass is 35.5. The van der Waals surface area contributed by atoms with Gasteiger partial charge in [0.05, 0.1) is 7.11 Å². The average Bonchev–Trinajstić information content (AvgIpc) is 2.69. The van der Waals surface area contributed by atoms with E-state index in [0.29, 0.717) is 11.4 Å². The molecule has 1 amide bonds. The molecular formula is C19H17ClN4O3. The van der Waals surface area contributed by atoms with Crippen LogP contribution in [0.25, 0.3) is 0 Å². The van der Waals surface area contributed by atoms with Crippen LogP contribution in [0, 0.1) is 0 Å². The number of nitrogens with zero attached hydrogens (tertiary/aromatic N) is 3. The molecule has 2 aromatic carbocycles. The minimum absolute atomic E-state index is 0.0261. The zero-order valence-electron chi connectivity index (χ0n) is 14.7. The lowest BCUT2D eigenvalue weighted by Crippen LogP contribution is -2.26. The molecule has 1 N–H and O–H groups in total. The number of anilines is 2. The number of carbonyl (C=O) groups excluding carboxylic acids is 1. The SMILES string of the molecule is CON(C)C(=O)c1cnc(Cl)nc1Nc1ccc(Oc2ccccc2)cc1. The topological polar surface area (TPSA) is 76.6 Å². The molecule has 0 saturated heterocycles. The van der Waals surface area contributed by atoms with Gasteiger partial charge in [0.25, 0.3) is 5.91 Å². The van der Waals surface area contributed by atoms with Crippen molar-refractivity contribution in [3.8, 4) is 11.5 Å². The van der Waals surface area contributed by atoms with Crippen LogP contribution in [0.3, 0.4) is 0 Å². The molecule has 0 fully saturated rings. The van der Waals surface area contributed by atoms with Gasteiger partial charge >= 0.3 is 0 Å². The summed E-state index contributed by atoms with van der Waals surface area (Å²) in [7, 11) is 2.89. The Balaban J connectivity index is 1.79. The van der Waals surface area contributed by atoms with Crippen molar-refractivity contribution >= 4 is 29.0 Å². The van der Waals surface area contributed by atoms with Gasteiger partial charge in [-0.15, -0.1) is 0 Å². The lowest BCUT2D eigenvalue weighted by atomic mass is 10.2. The predicted molar refractivity (Wildman–Crippen MR) is 102 cm³/mol. The smallest absolute Gasteiger partial charge is 0.282 e. The van der Waals surface area contributed by atoms with Crippen LogP contribution in [0.15, 0.2) is 60.8 Å². The number of benzene rings is 2. The molecule has 0 unspecified atom stereocenters. The number of halogens is 1. The fourth-order valence-electron chi connectivity index (χ4n) is 2.23. The molecular weight excluding hydrogens is 368 g/mol. The highest BCUT2D eigenvalue weighted by Gasteiger charge is 2.18. The van der Waals surface area contributed by atoms with Crippen molar-refractivity contribution in [2.75, 3.05) is 19.5 Å². The Hall–Kier alpha value is -3.16. The van der Waals surface area contributed by atoms with Crippen molar-refractivity contribution in [1.82, 2.24) is 15.0 Å². The van der Waals surface area contributed by atoms with Crippen LogP contribution in [-0.2, 0) is 4.84 Å². The maximum absolute atomic E-state index is 12.4. The Morgan fingerprint density at radius 3 is 2.41 bits per heavy atom. The van der Waals surface area contributed by atoms with Crippen LogP contribution in [-0.4, -0.2) is 35.1 Å². The Morgan fingerprint density at radius 2 is 1.74 bits per heavy atom. The van der Waals surface area contributed by atoms with Gasteiger partial charge in [0.1, 0.15) is 22.9 Å². The summed E-state index contributed by atoms with van der Waals surface area (Å²) < 4.78 is 5.76. The van der Waals surface area contributed by atoms with Crippen LogP contribution < -0.4 is 10.1 Å². The molecule has 27 heavy (non-hydrogen) atoms. The minimum Gasteiger partial charge on any atom is -0.457 e. The van der Waals surface area contributed by atoms with Gasteiger partial charge in [-0.1, -0.05) is 18.2 Å². The van der Waals surface area contributed by atoms with Gasteiger partial charge in [-0.2, -0.15) is 4.98 Å². The highest BCUT2D eigenvalue weighted by molar-refractivity contribution is 6.28. The molecule has 1 aromatic heterocycles. The second-order valence-electron chi connectivity index (χ2n) is 5.45. The normalized spacial score (nSPS) is 10.3. The third kappa shape index (κ3) is 4.72. The van der Waals surface area contributed by atoms with E-state index in [0.717, 1.165) is 10.8 Å². The summed E-state index contributed by atoms with van der Waals surface area (Å²) in [6, 6.07) is 16.7. The number of aromatic nitrogens is 2. The van der Waals surface area contributed by atoms with E-state index in [1.165, 1.54) is 20.4 Å². The summed E-state index contributed by atoms with van der Waals surface area (Å²) in [5.41, 5.74) is 0.938. The first-order chi connectivity index (χ1) is 13.1. The summed E-state index contributed by atoms with van der Waals surface area (Å²) in [5.74, 6) is 1.31. The van der Waals surface area contributed by atoms with Crippen molar-refractivity contribution in [3.63, 3.8) is 0 Å². The third-order valence-electron chi connectivity index (χ3n) is 3.65. The van der Waals surface area contributed by atoms with Crippen LogP contribution in [0.5, 0.6) is 11.5 Å². The molecule has 0 aliphatic heterocycles. The van der Waals surface area contributed by atoms with Crippen molar-refractivity contribution in [1.29, 1.82) is 0 Å². The number of amides is 1. The lowest BCUT2D eigenvalue weighted by molar-refractivity contribution is -0.0756. The van der Waals surface area contributed by atoms with Crippen molar-refractivity contribution in [3.05, 3.63) is 71.6 Å². The summed E-state index contributed by atoms with van der Waals surface area (Å²) in [4.78, 5) is 25.3. The van der Waals surface area contributed by atoms with E-state index in [2.05, 4.69) is 15.3 Å². The third-order valence-corrected chi connectivity index (χ3v) is 3.83. The molecule has 0 spiro atoms. The average molecular weight is 385 g/mol. The Bertz CT molecular complexity index is 920. The van der Waals surface area contributed by atoms with Crippen LogP contribution in [0.1, 0.15) is 10.4 Å². The van der Waals surface area contributed by atoms with Gasteiger partial charge in [-0.05, 0) is 48.0 Å². The van der Waals surface area contributed by atoms with Gasteiger partial charge in [-0.25, -0.2) is 10.0 Å². The Labute approximate surface area is 161 Å². The highest BCUT2D eigenvalue weighted by Crippen LogP contribution is 2.25. The summed E-state index contributed by atoms with van der Waals surface area (Å²) >= 11 is 5.88. The van der Waals surface area contributed by atoms with E-state index in [9.17, 15) is 4.79 Å². The summed E-state index contributed by atoms with van der Waals surface area (Å²) in [5, 5.41) is 4.17. The largest absolute Gasteiger partial charge is 0.457 e. The number of hydroxylamine groups is 2. The van der Waals surface area contributed by atoms with Crippen molar-refractivity contribution in [2.24, 2.45) is 0 Å². The number of para-hydroxylation sites is 1. The number of hydrogen-bond donors (Lipinski definition) is 1. The molecule has 138 valence electrons. The van der Waals surface area contributed by atoms with E-state index in [4.69, 9.17) is 21.2 Å². The first-order valence-corrected chi connectivity index (χ1v) is 8.39. The number of hydrogen-bond acceptors (Lipinski definition) is 6. The monoisotopic (exact) mass is 384 g/mol. The van der Waals surface area contributed by atoms with Gasteiger partial charge in [0.2, 0.25) is 5.28 Å². The molecule has 8 heteroatoms. The number of carbonyl (C=O) groups is 1. The summed E-state index contributed by atoms with van der Waals surface area (Å²) in [6.45, 7) is 0. The lowest BCUT2D eigenvalue weighted by Gasteiger charge is -2.16. The molecule has 7 nitrogen and oxygen atoms in total. The van der Waals surface area contributed by atoms with E-state index >= 15 is 0 Å². The van der Waals surface area contributed by atoms with Crippen LogP contribution in [0.2, 0.25) is 5.28 Å². The standard InChI is InChI=1S/C19H17ClN4O3/c1-24(26-2)18(25)16-12-21-19(20)23-17(16)22-13-8-10-15(11-9-13)27-14-6-4-3-5-7-14/h3-12H,1-2H3,(H,21,22,23). The van der Waals surface area contributed by atoms with Crippen LogP contribution >= 0.6 is 11.6 Å². The van der Waals surface area contributed by atoms with Gasteiger partial charge in [0.15, 0.2) is 0 Å². The van der Waals surface area contributed by atoms with Crippen LogP contribution in [0.4, 0.5) is 11.5 Å². The van der Waals surface area contributed by atoms with E-state index in [1.54, 1.807) is 12.1 Å². The Morgan fingerprint density at radius 1 is 1.07 bits per heavy atom. The molecule has 3 aromatic rings. The fourth-order valence-corrected chi connectivity index (χ4v) is 2.37. The zero-order valence-corrected chi connectivity index (χ0v) is 15.5. The zero-order chi connectivity index (χ0) is 19.2. The molecule has 3 rings (SSSR count). The van der Waals surface area contributed by atoms with Crippen molar-refractivity contribution in [2.45, 2.75) is 0 Å². The quantitative estimate of drug-likeness (QED) is 0.504. The molecule has 0 saturated carbocycles. The molecule has 0 radical (unpaired) electrons. The minimum atomic E-state index is -0.402. The second kappa shape index (κ2) is 8.48.